The molecule has 1 aromatic carbocycles. The molecule has 0 aromatic heterocycles. The Morgan fingerprint density at radius 2 is 2.20 bits per heavy atom. The topological polar surface area (TPSA) is 41.6 Å². The minimum atomic E-state index is 0.0371. The lowest BCUT2D eigenvalue weighted by Gasteiger charge is -2.32. The third kappa shape index (κ3) is 4.53. The van der Waals surface area contributed by atoms with Crippen LogP contribution in [-0.4, -0.2) is 37.2 Å². The predicted octanol–water partition coefficient (Wildman–Crippen LogP) is 2.64. The average Bonchev–Trinajstić information content (AvgIpc) is 2.52. The third-order valence-corrected chi connectivity index (χ3v) is 3.65. The summed E-state index contributed by atoms with van der Waals surface area (Å²) in [7, 11) is 0. The second kappa shape index (κ2) is 7.90. The van der Waals surface area contributed by atoms with Gasteiger partial charge in [-0.15, -0.1) is 0 Å². The summed E-state index contributed by atoms with van der Waals surface area (Å²) >= 11 is 0. The molecule has 1 N–H and O–H groups in total. The van der Waals surface area contributed by atoms with Crippen molar-refractivity contribution in [2.75, 3.05) is 26.3 Å². The van der Waals surface area contributed by atoms with Crippen LogP contribution < -0.4 is 5.32 Å². The van der Waals surface area contributed by atoms with Gasteiger partial charge in [-0.2, -0.15) is 0 Å². The summed E-state index contributed by atoms with van der Waals surface area (Å²) < 4.78 is 5.47. The fourth-order valence-electron chi connectivity index (χ4n) is 2.56. The summed E-state index contributed by atoms with van der Waals surface area (Å²) in [5, 5.41) is 2.99. The number of hydrogen-bond donors (Lipinski definition) is 1. The van der Waals surface area contributed by atoms with E-state index in [0.29, 0.717) is 12.5 Å². The van der Waals surface area contributed by atoms with Gasteiger partial charge in [-0.3, -0.25) is 0 Å². The van der Waals surface area contributed by atoms with E-state index >= 15 is 0 Å². The Hall–Kier alpha value is -1.55. The van der Waals surface area contributed by atoms with E-state index in [0.717, 1.165) is 44.7 Å². The molecule has 1 unspecified atom stereocenters. The van der Waals surface area contributed by atoms with Gasteiger partial charge < -0.3 is 15.0 Å². The van der Waals surface area contributed by atoms with Gasteiger partial charge in [-0.25, -0.2) is 4.79 Å². The molecule has 4 heteroatoms. The van der Waals surface area contributed by atoms with Crippen molar-refractivity contribution in [2.45, 2.75) is 26.3 Å². The van der Waals surface area contributed by atoms with Gasteiger partial charge in [0.2, 0.25) is 0 Å². The number of nitrogens with zero attached hydrogens (tertiary/aromatic N) is 1. The van der Waals surface area contributed by atoms with Crippen LogP contribution in [0.1, 0.15) is 25.3 Å². The number of benzene rings is 1. The Bertz CT molecular complexity index is 408. The van der Waals surface area contributed by atoms with Crippen LogP contribution in [-0.2, 0) is 11.3 Å². The van der Waals surface area contributed by atoms with E-state index in [9.17, 15) is 4.79 Å². The first-order valence-corrected chi connectivity index (χ1v) is 7.44. The molecule has 0 radical (unpaired) electrons. The number of carbonyl (C=O) groups excluding carboxylic acids is 1. The zero-order chi connectivity index (χ0) is 14.2. The maximum absolute atomic E-state index is 12.2. The first-order chi connectivity index (χ1) is 9.79. The summed E-state index contributed by atoms with van der Waals surface area (Å²) in [4.78, 5) is 14.1. The molecule has 110 valence electrons. The monoisotopic (exact) mass is 276 g/mol. The van der Waals surface area contributed by atoms with Crippen LogP contribution in [0.4, 0.5) is 4.79 Å². The van der Waals surface area contributed by atoms with Gasteiger partial charge >= 0.3 is 6.03 Å². The maximum atomic E-state index is 12.2. The Kier molecular flexibility index (Phi) is 5.87. The SMILES string of the molecule is CCOCC1CCCN(C(=O)NCc2ccccc2)C1. The van der Waals surface area contributed by atoms with E-state index in [1.807, 2.05) is 42.2 Å². The molecular formula is C16H24N2O2. The zero-order valence-corrected chi connectivity index (χ0v) is 12.2. The van der Waals surface area contributed by atoms with Gasteiger partial charge in [-0.1, -0.05) is 30.3 Å². The number of likely N-dealkylation sites (tertiary alicyclic amines) is 1. The summed E-state index contributed by atoms with van der Waals surface area (Å²) in [6.07, 6.45) is 2.22. The lowest BCUT2D eigenvalue weighted by atomic mass is 9.99. The van der Waals surface area contributed by atoms with Crippen molar-refractivity contribution >= 4 is 6.03 Å². The quantitative estimate of drug-likeness (QED) is 0.898. The molecule has 0 saturated carbocycles. The number of piperidine rings is 1. The normalized spacial score (nSPS) is 18.9. The van der Waals surface area contributed by atoms with Crippen LogP contribution in [0.5, 0.6) is 0 Å². The van der Waals surface area contributed by atoms with Crippen molar-refractivity contribution in [1.29, 1.82) is 0 Å². The molecule has 1 fully saturated rings. The second-order valence-electron chi connectivity index (χ2n) is 5.26. The Labute approximate surface area is 121 Å². The van der Waals surface area contributed by atoms with Crippen LogP contribution >= 0.6 is 0 Å². The molecule has 0 spiro atoms. The molecule has 1 heterocycles. The highest BCUT2D eigenvalue weighted by atomic mass is 16.5. The van der Waals surface area contributed by atoms with Gasteiger partial charge in [0.1, 0.15) is 0 Å². The van der Waals surface area contributed by atoms with Crippen molar-refractivity contribution in [3.05, 3.63) is 35.9 Å². The Balaban J connectivity index is 1.77. The number of nitrogens with one attached hydrogen (secondary N) is 1. The molecule has 0 aliphatic carbocycles. The highest BCUT2D eigenvalue weighted by Gasteiger charge is 2.23. The van der Waals surface area contributed by atoms with Crippen LogP contribution in [0.3, 0.4) is 0 Å². The van der Waals surface area contributed by atoms with Crippen molar-refractivity contribution in [1.82, 2.24) is 10.2 Å². The van der Waals surface area contributed by atoms with Gasteiger partial charge in [0.15, 0.2) is 0 Å². The highest BCUT2D eigenvalue weighted by molar-refractivity contribution is 5.74. The van der Waals surface area contributed by atoms with Crippen LogP contribution in [0.25, 0.3) is 0 Å². The number of ether oxygens (including phenoxy) is 1. The lowest BCUT2D eigenvalue weighted by molar-refractivity contribution is 0.0756. The molecule has 1 aromatic rings. The van der Waals surface area contributed by atoms with Crippen molar-refractivity contribution in [2.24, 2.45) is 5.92 Å². The van der Waals surface area contributed by atoms with Gasteiger partial charge in [-0.05, 0) is 25.3 Å². The molecule has 1 aliphatic rings. The summed E-state index contributed by atoms with van der Waals surface area (Å²) in [5.41, 5.74) is 1.13. The third-order valence-electron chi connectivity index (χ3n) is 3.65. The number of carbonyl (C=O) groups is 1. The number of rotatable bonds is 5. The van der Waals surface area contributed by atoms with Gasteiger partial charge in [0, 0.05) is 32.2 Å². The molecule has 1 aliphatic heterocycles. The molecular weight excluding hydrogens is 252 g/mol. The van der Waals surface area contributed by atoms with E-state index in [1.165, 1.54) is 0 Å². The van der Waals surface area contributed by atoms with E-state index in [2.05, 4.69) is 5.32 Å². The molecule has 2 rings (SSSR count). The molecule has 4 nitrogen and oxygen atoms in total. The van der Waals surface area contributed by atoms with E-state index in [4.69, 9.17) is 4.74 Å². The summed E-state index contributed by atoms with van der Waals surface area (Å²) in [6, 6.07) is 10.0. The van der Waals surface area contributed by atoms with Gasteiger partial charge in [0.05, 0.1) is 6.61 Å². The Morgan fingerprint density at radius 1 is 1.40 bits per heavy atom. The molecule has 2 amide bonds. The predicted molar refractivity (Wildman–Crippen MR) is 79.5 cm³/mol. The fraction of sp³-hybridized carbons (Fsp3) is 0.562. The Morgan fingerprint density at radius 3 is 2.95 bits per heavy atom. The first kappa shape index (κ1) is 14.9. The minimum Gasteiger partial charge on any atom is -0.381 e. The lowest BCUT2D eigenvalue weighted by Crippen LogP contribution is -2.46. The smallest absolute Gasteiger partial charge is 0.317 e. The van der Waals surface area contributed by atoms with E-state index in [1.54, 1.807) is 0 Å². The minimum absolute atomic E-state index is 0.0371. The van der Waals surface area contributed by atoms with Crippen LogP contribution in [0, 0.1) is 5.92 Å². The van der Waals surface area contributed by atoms with Gasteiger partial charge in [0.25, 0.3) is 0 Å². The molecule has 0 bridgehead atoms. The highest BCUT2D eigenvalue weighted by Crippen LogP contribution is 2.16. The average molecular weight is 276 g/mol. The second-order valence-corrected chi connectivity index (χ2v) is 5.26. The fourth-order valence-corrected chi connectivity index (χ4v) is 2.56. The van der Waals surface area contributed by atoms with Crippen molar-refractivity contribution in [3.8, 4) is 0 Å². The van der Waals surface area contributed by atoms with Crippen LogP contribution in [0.2, 0.25) is 0 Å². The first-order valence-electron chi connectivity index (χ1n) is 7.44. The largest absolute Gasteiger partial charge is 0.381 e. The summed E-state index contributed by atoms with van der Waals surface area (Å²) in [6.45, 7) is 5.76. The molecule has 1 atom stereocenters. The zero-order valence-electron chi connectivity index (χ0n) is 12.2. The molecule has 20 heavy (non-hydrogen) atoms. The molecule has 1 saturated heterocycles. The van der Waals surface area contributed by atoms with Crippen LogP contribution in [0.15, 0.2) is 30.3 Å². The van der Waals surface area contributed by atoms with Crippen molar-refractivity contribution < 1.29 is 9.53 Å². The standard InChI is InChI=1S/C16H24N2O2/c1-2-20-13-15-9-6-10-18(12-15)16(19)17-11-14-7-4-3-5-8-14/h3-5,7-8,15H,2,6,9-13H2,1H3,(H,17,19). The van der Waals surface area contributed by atoms with E-state index in [-0.39, 0.29) is 6.03 Å². The number of urea groups is 1. The maximum Gasteiger partial charge on any atom is 0.317 e. The summed E-state index contributed by atoms with van der Waals surface area (Å²) in [5.74, 6) is 0.478. The van der Waals surface area contributed by atoms with Crippen molar-refractivity contribution in [3.63, 3.8) is 0 Å². The van der Waals surface area contributed by atoms with E-state index < -0.39 is 0 Å². The number of amides is 2. The number of hydrogen-bond acceptors (Lipinski definition) is 2.